The minimum atomic E-state index is -0.477. The van der Waals surface area contributed by atoms with Gasteiger partial charge in [0.05, 0.1) is 12.5 Å². The number of rotatable bonds is 5. The van der Waals surface area contributed by atoms with Crippen LogP contribution in [0.4, 0.5) is 0 Å². The minimum absolute atomic E-state index is 0.364. The van der Waals surface area contributed by atoms with Crippen LogP contribution in [0, 0.1) is 11.3 Å². The quantitative estimate of drug-likeness (QED) is 0.598. The van der Waals surface area contributed by atoms with Gasteiger partial charge in [-0.25, -0.2) is 0 Å². The van der Waals surface area contributed by atoms with E-state index in [0.717, 1.165) is 5.56 Å². The monoisotopic (exact) mass is 216 g/mol. The molecule has 1 amide bonds. The zero-order chi connectivity index (χ0) is 11.8. The zero-order valence-electron chi connectivity index (χ0n) is 8.72. The number of primary amides is 1. The Morgan fingerprint density at radius 3 is 2.69 bits per heavy atom. The third-order valence-electron chi connectivity index (χ3n) is 1.80. The maximum absolute atomic E-state index is 10.5. The normalized spacial score (nSPS) is 9.94. The van der Waals surface area contributed by atoms with E-state index in [4.69, 9.17) is 15.7 Å². The van der Waals surface area contributed by atoms with Crippen LogP contribution < -0.4 is 10.5 Å². The fraction of sp³-hybridized carbons (Fsp3) is 0.167. The summed E-state index contributed by atoms with van der Waals surface area (Å²) in [5.41, 5.74) is 5.84. The van der Waals surface area contributed by atoms with Crippen molar-refractivity contribution in [3.8, 4) is 11.8 Å². The molecule has 1 aromatic rings. The summed E-state index contributed by atoms with van der Waals surface area (Å²) in [7, 11) is 0. The van der Waals surface area contributed by atoms with Gasteiger partial charge in [-0.2, -0.15) is 5.26 Å². The summed E-state index contributed by atoms with van der Waals surface area (Å²) in [5.74, 6) is 0.223. The lowest BCUT2D eigenvalue weighted by molar-refractivity contribution is -0.113. The second-order valence-electron chi connectivity index (χ2n) is 3.06. The molecule has 0 unspecified atom stereocenters. The SMILES string of the molecule is N#CCCOc1ccc(C=CC(N)=O)cc1. The lowest BCUT2D eigenvalue weighted by atomic mass is 10.2. The lowest BCUT2D eigenvalue weighted by Gasteiger charge is -2.03. The van der Waals surface area contributed by atoms with E-state index in [1.807, 2.05) is 6.07 Å². The van der Waals surface area contributed by atoms with Gasteiger partial charge in [0, 0.05) is 6.08 Å². The number of benzene rings is 1. The first-order chi connectivity index (χ1) is 7.72. The van der Waals surface area contributed by atoms with E-state index in [1.54, 1.807) is 30.3 Å². The molecule has 0 atom stereocenters. The highest BCUT2D eigenvalue weighted by Gasteiger charge is 1.93. The second kappa shape index (κ2) is 6.25. The molecule has 4 heteroatoms. The van der Waals surface area contributed by atoms with E-state index in [1.165, 1.54) is 6.08 Å². The highest BCUT2D eigenvalue weighted by Crippen LogP contribution is 2.13. The number of nitrogens with two attached hydrogens (primary N) is 1. The number of nitrogens with zero attached hydrogens (tertiary/aromatic N) is 1. The number of carbonyl (C=O) groups excluding carboxylic acids is 1. The summed E-state index contributed by atoms with van der Waals surface area (Å²) in [6.07, 6.45) is 3.29. The van der Waals surface area contributed by atoms with Gasteiger partial charge in [-0.15, -0.1) is 0 Å². The maximum atomic E-state index is 10.5. The van der Waals surface area contributed by atoms with Gasteiger partial charge in [0.15, 0.2) is 0 Å². The molecule has 2 N–H and O–H groups in total. The van der Waals surface area contributed by atoms with Crippen molar-refractivity contribution in [1.29, 1.82) is 5.26 Å². The van der Waals surface area contributed by atoms with Crippen LogP contribution in [0.5, 0.6) is 5.75 Å². The van der Waals surface area contributed by atoms with Gasteiger partial charge in [-0.1, -0.05) is 12.1 Å². The van der Waals surface area contributed by atoms with Crippen molar-refractivity contribution >= 4 is 12.0 Å². The first-order valence-electron chi connectivity index (χ1n) is 4.79. The lowest BCUT2D eigenvalue weighted by Crippen LogP contribution is -2.05. The Morgan fingerprint density at radius 2 is 2.12 bits per heavy atom. The molecule has 0 aromatic heterocycles. The van der Waals surface area contributed by atoms with E-state index < -0.39 is 5.91 Å². The van der Waals surface area contributed by atoms with Gasteiger partial charge >= 0.3 is 0 Å². The Kier molecular flexibility index (Phi) is 4.61. The summed E-state index contributed by atoms with van der Waals surface area (Å²) < 4.78 is 5.29. The van der Waals surface area contributed by atoms with Crippen LogP contribution >= 0.6 is 0 Å². The molecule has 0 aliphatic heterocycles. The van der Waals surface area contributed by atoms with Crippen molar-refractivity contribution in [2.75, 3.05) is 6.61 Å². The molecule has 0 fully saturated rings. The molecule has 1 rings (SSSR count). The summed E-state index contributed by atoms with van der Waals surface area (Å²) >= 11 is 0. The Bertz CT molecular complexity index is 416. The van der Waals surface area contributed by atoms with E-state index in [-0.39, 0.29) is 0 Å². The topological polar surface area (TPSA) is 76.1 Å². The van der Waals surface area contributed by atoms with Crippen LogP contribution in [0.25, 0.3) is 6.08 Å². The molecule has 0 bridgehead atoms. The van der Waals surface area contributed by atoms with E-state index in [0.29, 0.717) is 18.8 Å². The standard InChI is InChI=1S/C12H12N2O2/c13-8-1-9-16-11-5-2-10(3-6-11)4-7-12(14)15/h2-7H,1,9H2,(H2,14,15). The van der Waals surface area contributed by atoms with Crippen LogP contribution in [0.15, 0.2) is 30.3 Å². The minimum Gasteiger partial charge on any atom is -0.493 e. The van der Waals surface area contributed by atoms with Gasteiger partial charge in [-0.05, 0) is 23.8 Å². The summed E-state index contributed by atoms with van der Waals surface area (Å²) in [6, 6.07) is 9.16. The molecular weight excluding hydrogens is 204 g/mol. The van der Waals surface area contributed by atoms with Crippen molar-refractivity contribution < 1.29 is 9.53 Å². The van der Waals surface area contributed by atoms with Crippen LogP contribution in [0.2, 0.25) is 0 Å². The fourth-order valence-electron chi connectivity index (χ4n) is 1.07. The Hall–Kier alpha value is -2.28. The van der Waals surface area contributed by atoms with Crippen LogP contribution in [-0.4, -0.2) is 12.5 Å². The predicted molar refractivity (Wildman–Crippen MR) is 60.4 cm³/mol. The van der Waals surface area contributed by atoms with Gasteiger partial charge < -0.3 is 10.5 Å². The zero-order valence-corrected chi connectivity index (χ0v) is 8.72. The van der Waals surface area contributed by atoms with E-state index in [2.05, 4.69) is 0 Å². The third kappa shape index (κ3) is 4.29. The van der Waals surface area contributed by atoms with Gasteiger partial charge in [-0.3, -0.25) is 4.79 Å². The van der Waals surface area contributed by atoms with Crippen molar-refractivity contribution in [3.63, 3.8) is 0 Å². The molecule has 1 aromatic carbocycles. The highest BCUT2D eigenvalue weighted by atomic mass is 16.5. The molecule has 0 aliphatic carbocycles. The molecule has 0 saturated carbocycles. The van der Waals surface area contributed by atoms with E-state index in [9.17, 15) is 4.79 Å². The molecule has 0 saturated heterocycles. The van der Waals surface area contributed by atoms with Gasteiger partial charge in [0.1, 0.15) is 12.4 Å². The molecular formula is C12H12N2O2. The molecule has 16 heavy (non-hydrogen) atoms. The molecule has 0 heterocycles. The third-order valence-corrected chi connectivity index (χ3v) is 1.80. The second-order valence-corrected chi connectivity index (χ2v) is 3.06. The average Bonchev–Trinajstić information content (AvgIpc) is 2.28. The summed E-state index contributed by atoms with van der Waals surface area (Å²) in [5, 5.41) is 8.33. The number of hydrogen-bond donors (Lipinski definition) is 1. The Labute approximate surface area is 93.9 Å². The molecule has 0 spiro atoms. The van der Waals surface area contributed by atoms with Crippen LogP contribution in [-0.2, 0) is 4.79 Å². The van der Waals surface area contributed by atoms with Crippen molar-refractivity contribution in [2.45, 2.75) is 6.42 Å². The van der Waals surface area contributed by atoms with Crippen LogP contribution in [0.1, 0.15) is 12.0 Å². The molecule has 0 aliphatic rings. The first kappa shape index (κ1) is 11.8. The number of hydrogen-bond acceptors (Lipinski definition) is 3. The molecule has 4 nitrogen and oxygen atoms in total. The maximum Gasteiger partial charge on any atom is 0.241 e. The number of nitriles is 1. The van der Waals surface area contributed by atoms with Crippen molar-refractivity contribution in [1.82, 2.24) is 0 Å². The van der Waals surface area contributed by atoms with Crippen molar-refractivity contribution in [3.05, 3.63) is 35.9 Å². The van der Waals surface area contributed by atoms with Gasteiger partial charge in [0.25, 0.3) is 0 Å². The van der Waals surface area contributed by atoms with E-state index >= 15 is 0 Å². The fourth-order valence-corrected chi connectivity index (χ4v) is 1.07. The van der Waals surface area contributed by atoms with Crippen LogP contribution in [0.3, 0.4) is 0 Å². The Morgan fingerprint density at radius 1 is 1.44 bits per heavy atom. The first-order valence-corrected chi connectivity index (χ1v) is 4.79. The predicted octanol–water partition coefficient (Wildman–Crippen LogP) is 1.48. The highest BCUT2D eigenvalue weighted by molar-refractivity contribution is 5.90. The number of carbonyl (C=O) groups is 1. The Balaban J connectivity index is 2.54. The van der Waals surface area contributed by atoms with Gasteiger partial charge in [0.2, 0.25) is 5.91 Å². The average molecular weight is 216 g/mol. The summed E-state index contributed by atoms with van der Waals surface area (Å²) in [4.78, 5) is 10.5. The smallest absolute Gasteiger partial charge is 0.241 e. The molecule has 82 valence electrons. The number of ether oxygens (including phenoxy) is 1. The largest absolute Gasteiger partial charge is 0.493 e. The summed E-state index contributed by atoms with van der Waals surface area (Å²) in [6.45, 7) is 0.382. The molecule has 0 radical (unpaired) electrons. The number of amides is 1. The van der Waals surface area contributed by atoms with Crippen molar-refractivity contribution in [2.24, 2.45) is 5.73 Å².